The minimum Gasteiger partial charge on any atom is -0.493 e. The zero-order valence-electron chi connectivity index (χ0n) is 10.4. The van der Waals surface area contributed by atoms with Crippen LogP contribution < -0.4 is 10.5 Å². The molecule has 1 aliphatic rings. The van der Waals surface area contributed by atoms with Gasteiger partial charge in [-0.05, 0) is 37.6 Å². The molecule has 3 rings (SSSR count). The molecule has 2 aromatic rings. The van der Waals surface area contributed by atoms with Crippen molar-refractivity contribution < 1.29 is 9.26 Å². The minimum atomic E-state index is -0.596. The van der Waals surface area contributed by atoms with Crippen molar-refractivity contribution >= 4 is 0 Å². The summed E-state index contributed by atoms with van der Waals surface area (Å²) in [6, 6.07) is 5.89. The number of hydrogen-bond donors (Lipinski definition) is 1. The highest BCUT2D eigenvalue weighted by Crippen LogP contribution is 2.30. The molecule has 0 radical (unpaired) electrons. The monoisotopic (exact) mass is 245 g/mol. The van der Waals surface area contributed by atoms with E-state index in [0.717, 1.165) is 24.3 Å². The third-order valence-electron chi connectivity index (χ3n) is 2.94. The van der Waals surface area contributed by atoms with Crippen molar-refractivity contribution in [3.8, 4) is 17.2 Å². The van der Waals surface area contributed by atoms with Gasteiger partial charge < -0.3 is 15.0 Å². The zero-order valence-corrected chi connectivity index (χ0v) is 10.4. The number of nitrogens with two attached hydrogens (primary N) is 1. The SMILES string of the molecule is CC(C)(N)c1noc(-c2ccc3c(c2)CCO3)n1. The Labute approximate surface area is 105 Å². The Kier molecular flexibility index (Phi) is 2.38. The van der Waals surface area contributed by atoms with Crippen molar-refractivity contribution in [2.24, 2.45) is 5.73 Å². The lowest BCUT2D eigenvalue weighted by molar-refractivity contribution is 0.357. The van der Waals surface area contributed by atoms with Crippen LogP contribution in [-0.4, -0.2) is 16.7 Å². The van der Waals surface area contributed by atoms with Gasteiger partial charge in [0.2, 0.25) is 0 Å². The van der Waals surface area contributed by atoms with Crippen molar-refractivity contribution in [1.29, 1.82) is 0 Å². The van der Waals surface area contributed by atoms with Gasteiger partial charge in [-0.3, -0.25) is 0 Å². The van der Waals surface area contributed by atoms with E-state index in [-0.39, 0.29) is 0 Å². The van der Waals surface area contributed by atoms with Crippen LogP contribution in [0.1, 0.15) is 25.2 Å². The largest absolute Gasteiger partial charge is 0.493 e. The summed E-state index contributed by atoms with van der Waals surface area (Å²) in [5, 5.41) is 3.92. The maximum absolute atomic E-state index is 5.93. The average molecular weight is 245 g/mol. The molecule has 0 fully saturated rings. The molecule has 2 heterocycles. The standard InChI is InChI=1S/C13H15N3O2/c1-13(2,14)12-15-11(18-16-12)9-3-4-10-8(7-9)5-6-17-10/h3-4,7H,5-6,14H2,1-2H3. The first-order chi connectivity index (χ1) is 8.54. The fourth-order valence-electron chi connectivity index (χ4n) is 1.92. The molecule has 1 aromatic heterocycles. The van der Waals surface area contributed by atoms with E-state index in [9.17, 15) is 0 Å². The Hall–Kier alpha value is -1.88. The highest BCUT2D eigenvalue weighted by Gasteiger charge is 2.22. The summed E-state index contributed by atoms with van der Waals surface area (Å²) < 4.78 is 10.7. The lowest BCUT2D eigenvalue weighted by atomic mass is 10.1. The van der Waals surface area contributed by atoms with Crippen LogP contribution in [0.4, 0.5) is 0 Å². The van der Waals surface area contributed by atoms with Gasteiger partial charge in [-0.15, -0.1) is 0 Å². The number of rotatable bonds is 2. The van der Waals surface area contributed by atoms with Crippen LogP contribution >= 0.6 is 0 Å². The predicted molar refractivity (Wildman–Crippen MR) is 66.1 cm³/mol. The molecule has 94 valence electrons. The second-order valence-electron chi connectivity index (χ2n) is 5.07. The lowest BCUT2D eigenvalue weighted by Gasteiger charge is -2.11. The first-order valence-corrected chi connectivity index (χ1v) is 5.93. The zero-order chi connectivity index (χ0) is 12.8. The summed E-state index contributed by atoms with van der Waals surface area (Å²) in [7, 11) is 0. The van der Waals surface area contributed by atoms with Crippen molar-refractivity contribution in [1.82, 2.24) is 10.1 Å². The summed E-state index contributed by atoms with van der Waals surface area (Å²) in [4.78, 5) is 4.33. The van der Waals surface area contributed by atoms with Gasteiger partial charge in [0.1, 0.15) is 5.75 Å². The summed E-state index contributed by atoms with van der Waals surface area (Å²) >= 11 is 0. The smallest absolute Gasteiger partial charge is 0.258 e. The van der Waals surface area contributed by atoms with Gasteiger partial charge in [0.15, 0.2) is 5.82 Å². The van der Waals surface area contributed by atoms with Gasteiger partial charge >= 0.3 is 0 Å². The first kappa shape index (κ1) is 11.2. The third kappa shape index (κ3) is 1.86. The van der Waals surface area contributed by atoms with E-state index in [1.807, 2.05) is 32.0 Å². The second kappa shape index (κ2) is 3.81. The summed E-state index contributed by atoms with van der Waals surface area (Å²) in [5.74, 6) is 1.95. The van der Waals surface area contributed by atoms with Crippen LogP contribution in [0.3, 0.4) is 0 Å². The number of aromatic nitrogens is 2. The molecule has 18 heavy (non-hydrogen) atoms. The Morgan fingerprint density at radius 3 is 2.89 bits per heavy atom. The molecule has 2 N–H and O–H groups in total. The number of ether oxygens (including phenoxy) is 1. The molecule has 0 bridgehead atoms. The number of benzene rings is 1. The fourth-order valence-corrected chi connectivity index (χ4v) is 1.92. The van der Waals surface area contributed by atoms with Crippen molar-refractivity contribution in [2.45, 2.75) is 25.8 Å². The maximum Gasteiger partial charge on any atom is 0.258 e. The second-order valence-corrected chi connectivity index (χ2v) is 5.07. The van der Waals surface area contributed by atoms with Crippen molar-refractivity contribution in [3.05, 3.63) is 29.6 Å². The third-order valence-corrected chi connectivity index (χ3v) is 2.94. The van der Waals surface area contributed by atoms with Gasteiger partial charge in [0, 0.05) is 12.0 Å². The van der Waals surface area contributed by atoms with Gasteiger partial charge in [0.25, 0.3) is 5.89 Å². The fraction of sp³-hybridized carbons (Fsp3) is 0.385. The van der Waals surface area contributed by atoms with E-state index < -0.39 is 5.54 Å². The quantitative estimate of drug-likeness (QED) is 0.874. The normalized spacial score (nSPS) is 14.4. The molecule has 0 amide bonds. The molecule has 0 aliphatic carbocycles. The Balaban J connectivity index is 1.98. The highest BCUT2D eigenvalue weighted by atomic mass is 16.5. The molecular formula is C13H15N3O2. The van der Waals surface area contributed by atoms with E-state index in [4.69, 9.17) is 15.0 Å². The van der Waals surface area contributed by atoms with E-state index in [1.54, 1.807) is 0 Å². The van der Waals surface area contributed by atoms with Gasteiger partial charge in [0.05, 0.1) is 12.1 Å². The van der Waals surface area contributed by atoms with Crippen LogP contribution in [-0.2, 0) is 12.0 Å². The molecule has 0 spiro atoms. The van der Waals surface area contributed by atoms with E-state index in [0.29, 0.717) is 11.7 Å². The van der Waals surface area contributed by atoms with Crippen LogP contribution in [0.2, 0.25) is 0 Å². The number of nitrogens with zero attached hydrogens (tertiary/aromatic N) is 2. The molecule has 0 atom stereocenters. The molecular weight excluding hydrogens is 230 g/mol. The van der Waals surface area contributed by atoms with Crippen LogP contribution in [0.5, 0.6) is 5.75 Å². The molecule has 5 nitrogen and oxygen atoms in total. The first-order valence-electron chi connectivity index (χ1n) is 5.93. The van der Waals surface area contributed by atoms with Crippen LogP contribution in [0.25, 0.3) is 11.5 Å². The maximum atomic E-state index is 5.93. The van der Waals surface area contributed by atoms with E-state index >= 15 is 0 Å². The lowest BCUT2D eigenvalue weighted by Crippen LogP contribution is -2.30. The number of fused-ring (bicyclic) bond motifs is 1. The summed E-state index contributed by atoms with van der Waals surface area (Å²) in [5.41, 5.74) is 7.42. The molecule has 0 unspecified atom stereocenters. The summed E-state index contributed by atoms with van der Waals surface area (Å²) in [6.45, 7) is 4.43. The molecule has 0 saturated heterocycles. The Morgan fingerprint density at radius 2 is 2.17 bits per heavy atom. The highest BCUT2D eigenvalue weighted by molar-refractivity contribution is 5.58. The Morgan fingerprint density at radius 1 is 1.33 bits per heavy atom. The van der Waals surface area contributed by atoms with Crippen LogP contribution in [0, 0.1) is 0 Å². The van der Waals surface area contributed by atoms with Gasteiger partial charge in [-0.1, -0.05) is 5.16 Å². The molecule has 1 aliphatic heterocycles. The minimum absolute atomic E-state index is 0.498. The summed E-state index contributed by atoms with van der Waals surface area (Å²) in [6.07, 6.45) is 0.923. The van der Waals surface area contributed by atoms with E-state index in [2.05, 4.69) is 10.1 Å². The van der Waals surface area contributed by atoms with Crippen molar-refractivity contribution in [2.75, 3.05) is 6.61 Å². The predicted octanol–water partition coefficient (Wildman–Crippen LogP) is 1.87. The van der Waals surface area contributed by atoms with Gasteiger partial charge in [-0.25, -0.2) is 0 Å². The van der Waals surface area contributed by atoms with Crippen molar-refractivity contribution in [3.63, 3.8) is 0 Å². The van der Waals surface area contributed by atoms with Crippen LogP contribution in [0.15, 0.2) is 22.7 Å². The molecule has 0 saturated carbocycles. The van der Waals surface area contributed by atoms with E-state index in [1.165, 1.54) is 5.56 Å². The Bertz CT molecular complexity index is 584. The molecule has 1 aromatic carbocycles. The topological polar surface area (TPSA) is 74.2 Å². The molecule has 5 heteroatoms. The van der Waals surface area contributed by atoms with Gasteiger partial charge in [-0.2, -0.15) is 4.98 Å². The number of hydrogen-bond acceptors (Lipinski definition) is 5. The average Bonchev–Trinajstić information content (AvgIpc) is 2.96.